The van der Waals surface area contributed by atoms with Gasteiger partial charge in [0.1, 0.15) is 0 Å². The standard InChI is InChI=1S/C16H31NO/c1-2-14-9-11-16(18,12-10-14)13-17-15-7-5-3-4-6-8-15/h14-15,17-18H,2-13H2,1H3. The summed E-state index contributed by atoms with van der Waals surface area (Å²) in [5, 5.41) is 14.3. The average molecular weight is 253 g/mol. The van der Waals surface area contributed by atoms with Crippen molar-refractivity contribution in [1.82, 2.24) is 5.32 Å². The summed E-state index contributed by atoms with van der Waals surface area (Å²) in [6.07, 6.45) is 13.9. The number of rotatable bonds is 4. The first kappa shape index (κ1) is 14.3. The van der Waals surface area contributed by atoms with Crippen LogP contribution in [0.3, 0.4) is 0 Å². The highest BCUT2D eigenvalue weighted by Gasteiger charge is 2.32. The molecule has 0 aliphatic heterocycles. The van der Waals surface area contributed by atoms with Crippen LogP contribution in [0.25, 0.3) is 0 Å². The van der Waals surface area contributed by atoms with Gasteiger partial charge in [0, 0.05) is 12.6 Å². The first-order valence-electron chi connectivity index (χ1n) is 8.17. The SMILES string of the molecule is CCC1CCC(O)(CNC2CCCCCC2)CC1. The van der Waals surface area contributed by atoms with Crippen LogP contribution in [0.1, 0.15) is 77.6 Å². The van der Waals surface area contributed by atoms with Crippen LogP contribution >= 0.6 is 0 Å². The van der Waals surface area contributed by atoms with E-state index in [0.717, 1.165) is 25.3 Å². The highest BCUT2D eigenvalue weighted by Crippen LogP contribution is 2.33. The Labute approximate surface area is 113 Å². The highest BCUT2D eigenvalue weighted by atomic mass is 16.3. The van der Waals surface area contributed by atoms with Crippen molar-refractivity contribution in [2.45, 2.75) is 89.2 Å². The Morgan fingerprint density at radius 2 is 1.61 bits per heavy atom. The monoisotopic (exact) mass is 253 g/mol. The second-order valence-corrected chi connectivity index (χ2v) is 6.65. The van der Waals surface area contributed by atoms with Crippen molar-refractivity contribution in [3.05, 3.63) is 0 Å². The Morgan fingerprint density at radius 3 is 2.17 bits per heavy atom. The molecule has 0 saturated heterocycles. The van der Waals surface area contributed by atoms with Crippen LogP contribution in [0.2, 0.25) is 0 Å². The van der Waals surface area contributed by atoms with E-state index < -0.39 is 5.60 Å². The molecule has 2 nitrogen and oxygen atoms in total. The second kappa shape index (κ2) is 6.91. The molecule has 0 heterocycles. The second-order valence-electron chi connectivity index (χ2n) is 6.65. The van der Waals surface area contributed by atoms with Crippen molar-refractivity contribution >= 4 is 0 Å². The largest absolute Gasteiger partial charge is 0.389 e. The minimum Gasteiger partial charge on any atom is -0.389 e. The smallest absolute Gasteiger partial charge is 0.0771 e. The maximum Gasteiger partial charge on any atom is 0.0771 e. The van der Waals surface area contributed by atoms with Crippen molar-refractivity contribution in [3.8, 4) is 0 Å². The van der Waals surface area contributed by atoms with Gasteiger partial charge in [-0.2, -0.15) is 0 Å². The molecule has 18 heavy (non-hydrogen) atoms. The zero-order valence-corrected chi connectivity index (χ0v) is 12.1. The van der Waals surface area contributed by atoms with Crippen LogP contribution in [-0.2, 0) is 0 Å². The molecule has 0 spiro atoms. The van der Waals surface area contributed by atoms with Crippen molar-refractivity contribution in [2.24, 2.45) is 5.92 Å². The van der Waals surface area contributed by atoms with Gasteiger partial charge >= 0.3 is 0 Å². The maximum atomic E-state index is 10.6. The van der Waals surface area contributed by atoms with Crippen LogP contribution < -0.4 is 5.32 Å². The van der Waals surface area contributed by atoms with E-state index in [1.165, 1.54) is 57.8 Å². The average Bonchev–Trinajstić information content (AvgIpc) is 2.66. The van der Waals surface area contributed by atoms with E-state index in [1.54, 1.807) is 0 Å². The topological polar surface area (TPSA) is 32.3 Å². The van der Waals surface area contributed by atoms with E-state index in [9.17, 15) is 5.11 Å². The van der Waals surface area contributed by atoms with E-state index in [-0.39, 0.29) is 0 Å². The summed E-state index contributed by atoms with van der Waals surface area (Å²) in [4.78, 5) is 0. The molecule has 0 amide bonds. The van der Waals surface area contributed by atoms with Gasteiger partial charge in [0.05, 0.1) is 5.60 Å². The van der Waals surface area contributed by atoms with Crippen LogP contribution in [-0.4, -0.2) is 23.3 Å². The van der Waals surface area contributed by atoms with Gasteiger partial charge in [-0.15, -0.1) is 0 Å². The Bertz CT molecular complexity index is 225. The van der Waals surface area contributed by atoms with Crippen molar-refractivity contribution in [3.63, 3.8) is 0 Å². The van der Waals surface area contributed by atoms with E-state index in [0.29, 0.717) is 6.04 Å². The maximum absolute atomic E-state index is 10.6. The lowest BCUT2D eigenvalue weighted by Crippen LogP contribution is -2.46. The Morgan fingerprint density at radius 1 is 1.00 bits per heavy atom. The van der Waals surface area contributed by atoms with Crippen LogP contribution in [0.15, 0.2) is 0 Å². The summed E-state index contributed by atoms with van der Waals surface area (Å²) in [6.45, 7) is 3.10. The third-order valence-corrected chi connectivity index (χ3v) is 5.19. The normalized spacial score (nSPS) is 35.3. The first-order valence-corrected chi connectivity index (χ1v) is 8.17. The molecular weight excluding hydrogens is 222 g/mol. The molecule has 0 atom stereocenters. The van der Waals surface area contributed by atoms with Crippen molar-refractivity contribution in [1.29, 1.82) is 0 Å². The zero-order chi connectivity index (χ0) is 12.8. The molecule has 0 radical (unpaired) electrons. The molecule has 2 rings (SSSR count). The fourth-order valence-corrected chi connectivity index (χ4v) is 3.62. The minimum absolute atomic E-state index is 0.405. The van der Waals surface area contributed by atoms with E-state index >= 15 is 0 Å². The van der Waals surface area contributed by atoms with Crippen LogP contribution in [0.4, 0.5) is 0 Å². The van der Waals surface area contributed by atoms with E-state index in [1.807, 2.05) is 0 Å². The Hall–Kier alpha value is -0.0800. The lowest BCUT2D eigenvalue weighted by atomic mass is 9.77. The number of nitrogens with one attached hydrogen (secondary N) is 1. The van der Waals surface area contributed by atoms with Gasteiger partial charge in [-0.1, -0.05) is 39.0 Å². The van der Waals surface area contributed by atoms with Gasteiger partial charge in [0.15, 0.2) is 0 Å². The van der Waals surface area contributed by atoms with E-state index in [4.69, 9.17) is 0 Å². The van der Waals surface area contributed by atoms with Crippen molar-refractivity contribution < 1.29 is 5.11 Å². The molecule has 106 valence electrons. The van der Waals surface area contributed by atoms with Crippen LogP contribution in [0, 0.1) is 5.92 Å². The fourth-order valence-electron chi connectivity index (χ4n) is 3.62. The van der Waals surface area contributed by atoms with Gasteiger partial charge in [-0.3, -0.25) is 0 Å². The molecule has 2 aliphatic carbocycles. The summed E-state index contributed by atoms with van der Waals surface area (Å²) in [5.74, 6) is 0.864. The minimum atomic E-state index is -0.405. The predicted molar refractivity (Wildman–Crippen MR) is 76.7 cm³/mol. The molecule has 0 aromatic heterocycles. The molecule has 0 aromatic rings. The summed E-state index contributed by atoms with van der Waals surface area (Å²) in [6, 6.07) is 0.667. The highest BCUT2D eigenvalue weighted by molar-refractivity contribution is 4.88. The van der Waals surface area contributed by atoms with Gasteiger partial charge in [-0.25, -0.2) is 0 Å². The quantitative estimate of drug-likeness (QED) is 0.750. The number of hydrogen-bond donors (Lipinski definition) is 2. The fraction of sp³-hybridized carbons (Fsp3) is 1.00. The Balaban J connectivity index is 1.71. The lowest BCUT2D eigenvalue weighted by molar-refractivity contribution is -0.0109. The first-order chi connectivity index (χ1) is 8.72. The van der Waals surface area contributed by atoms with Crippen molar-refractivity contribution in [2.75, 3.05) is 6.54 Å². The predicted octanol–water partition coefficient (Wildman–Crippen LogP) is 3.63. The van der Waals surface area contributed by atoms with Gasteiger partial charge in [0.2, 0.25) is 0 Å². The van der Waals surface area contributed by atoms with Gasteiger partial charge in [0.25, 0.3) is 0 Å². The molecule has 0 aromatic carbocycles. The molecule has 2 saturated carbocycles. The summed E-state index contributed by atoms with van der Waals surface area (Å²) in [5.41, 5.74) is -0.405. The summed E-state index contributed by atoms with van der Waals surface area (Å²) >= 11 is 0. The third-order valence-electron chi connectivity index (χ3n) is 5.19. The van der Waals surface area contributed by atoms with E-state index in [2.05, 4.69) is 12.2 Å². The molecule has 0 bridgehead atoms. The van der Waals surface area contributed by atoms with Gasteiger partial charge in [-0.05, 0) is 44.4 Å². The third kappa shape index (κ3) is 4.24. The number of aliphatic hydroxyl groups is 1. The number of hydrogen-bond acceptors (Lipinski definition) is 2. The van der Waals surface area contributed by atoms with Gasteiger partial charge < -0.3 is 10.4 Å². The lowest BCUT2D eigenvalue weighted by Gasteiger charge is -2.37. The molecule has 2 fully saturated rings. The molecule has 2 aliphatic rings. The summed E-state index contributed by atoms with van der Waals surface area (Å²) < 4.78 is 0. The molecule has 0 unspecified atom stereocenters. The zero-order valence-electron chi connectivity index (χ0n) is 12.1. The Kier molecular flexibility index (Phi) is 5.50. The molecule has 2 N–H and O–H groups in total. The molecule has 2 heteroatoms. The molecular formula is C16H31NO. The van der Waals surface area contributed by atoms with Crippen LogP contribution in [0.5, 0.6) is 0 Å². The summed E-state index contributed by atoms with van der Waals surface area (Å²) in [7, 11) is 0.